The second-order valence-corrected chi connectivity index (χ2v) is 18.0. The molecule has 0 saturated carbocycles. The van der Waals surface area contributed by atoms with Crippen LogP contribution in [-0.4, -0.2) is 92.4 Å². The van der Waals surface area contributed by atoms with Crippen LogP contribution in [0.25, 0.3) is 0 Å². The molecule has 0 N–H and O–H groups in total. The van der Waals surface area contributed by atoms with Crippen molar-refractivity contribution in [1.82, 2.24) is 0 Å². The first-order valence-electron chi connectivity index (χ1n) is 25.8. The van der Waals surface area contributed by atoms with Crippen molar-refractivity contribution in [2.24, 2.45) is 0 Å². The maximum absolute atomic E-state index is 14.0. The van der Waals surface area contributed by atoms with E-state index >= 15 is 0 Å². The molecule has 15 heteroatoms. The second kappa shape index (κ2) is 45.5. The predicted molar refractivity (Wildman–Crippen MR) is 258 cm³/mol. The Balaban J connectivity index is 5.43. The van der Waals surface area contributed by atoms with Crippen LogP contribution in [0.15, 0.2) is 0 Å². The van der Waals surface area contributed by atoms with Gasteiger partial charge in [0.2, 0.25) is 5.60 Å². The predicted octanol–water partition coefficient (Wildman–Crippen LogP) is 11.9. The summed E-state index contributed by atoms with van der Waals surface area (Å²) in [6.07, 6.45) is 21.7. The van der Waals surface area contributed by atoms with Gasteiger partial charge in [0.1, 0.15) is 0 Å². The van der Waals surface area contributed by atoms with Gasteiger partial charge in [0, 0.05) is 31.0 Å². The molecule has 66 heavy (non-hydrogen) atoms. The van der Waals surface area contributed by atoms with E-state index in [0.717, 1.165) is 114 Å². The molecule has 0 aromatic carbocycles. The summed E-state index contributed by atoms with van der Waals surface area (Å²) in [5, 5.41) is 0.763. The maximum atomic E-state index is 14.0. The highest BCUT2D eigenvalue weighted by atomic mass is 79.9. The lowest BCUT2D eigenvalue weighted by Crippen LogP contribution is -2.48. The fraction of sp³-hybridized carbons (Fsp3) is 0.863. The Bertz CT molecular complexity index is 1220. The van der Waals surface area contributed by atoms with Crippen molar-refractivity contribution in [1.29, 1.82) is 0 Å². The van der Waals surface area contributed by atoms with Crippen LogP contribution >= 0.6 is 15.9 Å². The molecule has 384 valence electrons. The van der Waals surface area contributed by atoms with Crippen LogP contribution < -0.4 is 0 Å². The van der Waals surface area contributed by atoms with Crippen molar-refractivity contribution in [3.63, 3.8) is 0 Å². The van der Waals surface area contributed by atoms with E-state index in [1.807, 2.05) is 0 Å². The number of halogens is 1. The van der Waals surface area contributed by atoms with Crippen LogP contribution in [0, 0.1) is 0 Å². The van der Waals surface area contributed by atoms with E-state index in [1.54, 1.807) is 0 Å². The quantitative estimate of drug-likeness (QED) is 0.0243. The van der Waals surface area contributed by atoms with Gasteiger partial charge >= 0.3 is 41.8 Å². The Morgan fingerprint density at radius 1 is 0.318 bits per heavy atom. The van der Waals surface area contributed by atoms with Gasteiger partial charge in [-0.1, -0.05) is 101 Å². The molecule has 0 aliphatic heterocycles. The normalized spacial score (nSPS) is 11.2. The summed E-state index contributed by atoms with van der Waals surface area (Å²) >= 11 is 3.38. The van der Waals surface area contributed by atoms with Crippen molar-refractivity contribution in [2.75, 3.05) is 45.0 Å². The van der Waals surface area contributed by atoms with Gasteiger partial charge in [0.05, 0.1) is 52.5 Å². The number of rotatable bonds is 47. The van der Waals surface area contributed by atoms with Crippen LogP contribution in [0.4, 0.5) is 0 Å². The molecule has 0 atom stereocenters. The highest BCUT2D eigenvalue weighted by Crippen LogP contribution is 2.27. The SMILES string of the molecule is CCCCCCC(=O)OCCCCCCOC(=O)CC(CC(=O)OCCCCCCOC(=O)CCCCCC)(OC(=O)CCCCCBr)C(=O)OCCCCCCOC(=O)CCCCCC. The van der Waals surface area contributed by atoms with Gasteiger partial charge < -0.3 is 33.2 Å². The molecule has 0 aliphatic rings. The summed E-state index contributed by atoms with van der Waals surface area (Å²) in [4.78, 5) is 89.8. The first-order chi connectivity index (χ1) is 32.0. The minimum Gasteiger partial charge on any atom is -0.466 e. The minimum absolute atomic E-state index is 0.0300. The molecule has 0 spiro atoms. The standard InChI is InChI=1S/C51H89BrO14/c1-4-7-10-20-31-44(53)60-36-25-13-15-28-39-63-48(57)42-51(66-47(56)34-23-19-24-35-52,50(59)65-41-30-18-17-27-38-62-46(55)33-22-12-9-6-3)43-49(58)64-40-29-16-14-26-37-61-45(54)32-21-11-8-5-2/h4-43H2,1-3H3. The molecule has 0 heterocycles. The Morgan fingerprint density at radius 3 is 0.909 bits per heavy atom. The molecule has 0 fully saturated rings. The number of hydrogen-bond donors (Lipinski definition) is 0. The zero-order valence-corrected chi connectivity index (χ0v) is 43.0. The molecule has 0 bridgehead atoms. The Kier molecular flexibility index (Phi) is 43.3. The Hall–Kier alpha value is -3.23. The fourth-order valence-corrected chi connectivity index (χ4v) is 7.30. The molecule has 0 rings (SSSR count). The van der Waals surface area contributed by atoms with Crippen LogP contribution in [0.2, 0.25) is 0 Å². The maximum Gasteiger partial charge on any atom is 0.351 e. The topological polar surface area (TPSA) is 184 Å². The van der Waals surface area contributed by atoms with E-state index in [-0.39, 0.29) is 44.1 Å². The number of ether oxygens (including phenoxy) is 7. The van der Waals surface area contributed by atoms with Gasteiger partial charge in [-0.2, -0.15) is 0 Å². The number of alkyl halides is 1. The highest BCUT2D eigenvalue weighted by molar-refractivity contribution is 9.09. The van der Waals surface area contributed by atoms with Gasteiger partial charge in [-0.05, 0) is 109 Å². The van der Waals surface area contributed by atoms with Crippen molar-refractivity contribution in [2.45, 2.75) is 238 Å². The molecule has 0 aromatic heterocycles. The van der Waals surface area contributed by atoms with E-state index in [9.17, 15) is 33.6 Å². The molecule has 0 unspecified atom stereocenters. The third kappa shape index (κ3) is 38.8. The van der Waals surface area contributed by atoms with Crippen LogP contribution in [-0.2, 0) is 66.7 Å². The zero-order chi connectivity index (χ0) is 48.8. The van der Waals surface area contributed by atoms with Gasteiger partial charge in [-0.25, -0.2) is 4.79 Å². The van der Waals surface area contributed by atoms with Crippen LogP contribution in [0.5, 0.6) is 0 Å². The summed E-state index contributed by atoms with van der Waals surface area (Å²) in [5.74, 6) is -4.00. The molecule has 0 saturated heterocycles. The zero-order valence-electron chi connectivity index (χ0n) is 41.4. The summed E-state index contributed by atoms with van der Waals surface area (Å²) in [6, 6.07) is 0. The van der Waals surface area contributed by atoms with Crippen molar-refractivity contribution < 1.29 is 66.7 Å². The Labute approximate surface area is 406 Å². The number of esters is 7. The van der Waals surface area contributed by atoms with Crippen molar-refractivity contribution in [3.05, 3.63) is 0 Å². The average Bonchev–Trinajstić information content (AvgIpc) is 3.29. The van der Waals surface area contributed by atoms with Crippen LogP contribution in [0.3, 0.4) is 0 Å². The molecule has 0 amide bonds. The summed E-state index contributed by atoms with van der Waals surface area (Å²) in [7, 11) is 0. The molecule has 0 radical (unpaired) electrons. The summed E-state index contributed by atoms with van der Waals surface area (Å²) in [5.41, 5.74) is -2.30. The van der Waals surface area contributed by atoms with E-state index < -0.39 is 42.3 Å². The fourth-order valence-electron chi connectivity index (χ4n) is 6.90. The van der Waals surface area contributed by atoms with Gasteiger partial charge in [-0.3, -0.25) is 28.8 Å². The van der Waals surface area contributed by atoms with Crippen molar-refractivity contribution >= 4 is 57.7 Å². The lowest BCUT2D eigenvalue weighted by molar-refractivity contribution is -0.191. The Morgan fingerprint density at radius 2 is 0.591 bits per heavy atom. The van der Waals surface area contributed by atoms with E-state index in [1.165, 1.54) is 0 Å². The molecule has 14 nitrogen and oxygen atoms in total. The lowest BCUT2D eigenvalue weighted by Gasteiger charge is -2.30. The molecule has 0 aromatic rings. The van der Waals surface area contributed by atoms with Gasteiger partial charge in [0.15, 0.2) is 0 Å². The van der Waals surface area contributed by atoms with Gasteiger partial charge in [-0.15, -0.1) is 0 Å². The first-order valence-corrected chi connectivity index (χ1v) is 26.9. The largest absolute Gasteiger partial charge is 0.466 e. The number of carbonyl (C=O) groups excluding carboxylic acids is 7. The number of unbranched alkanes of at least 4 members (excludes halogenated alkanes) is 20. The highest BCUT2D eigenvalue weighted by Gasteiger charge is 2.49. The van der Waals surface area contributed by atoms with Crippen molar-refractivity contribution in [3.8, 4) is 0 Å². The van der Waals surface area contributed by atoms with E-state index in [2.05, 4.69) is 36.7 Å². The number of carbonyl (C=O) groups is 7. The van der Waals surface area contributed by atoms with E-state index in [4.69, 9.17) is 33.2 Å². The minimum atomic E-state index is -2.30. The first kappa shape index (κ1) is 62.8. The second-order valence-electron chi connectivity index (χ2n) is 17.2. The number of hydrogen-bond acceptors (Lipinski definition) is 14. The average molecular weight is 1010 g/mol. The summed E-state index contributed by atoms with van der Waals surface area (Å²) in [6.45, 7) is 7.37. The van der Waals surface area contributed by atoms with Crippen LogP contribution in [0.1, 0.15) is 233 Å². The monoisotopic (exact) mass is 1000 g/mol. The smallest absolute Gasteiger partial charge is 0.351 e. The summed E-state index contributed by atoms with van der Waals surface area (Å²) < 4.78 is 38.4. The third-order valence-corrected chi connectivity index (χ3v) is 11.5. The van der Waals surface area contributed by atoms with Gasteiger partial charge in [0.25, 0.3) is 0 Å². The third-order valence-electron chi connectivity index (χ3n) is 10.9. The molecular weight excluding hydrogens is 916 g/mol. The molecule has 0 aliphatic carbocycles. The molecular formula is C51H89BrO14. The lowest BCUT2D eigenvalue weighted by atomic mass is 9.94. The van der Waals surface area contributed by atoms with E-state index in [0.29, 0.717) is 103 Å².